The van der Waals surface area contributed by atoms with Crippen LogP contribution in [0.2, 0.25) is 5.02 Å². The van der Waals surface area contributed by atoms with E-state index in [1.54, 1.807) is 37.1 Å². The lowest BCUT2D eigenvalue weighted by molar-refractivity contribution is -0.115. The fourth-order valence-corrected chi connectivity index (χ4v) is 2.68. The summed E-state index contributed by atoms with van der Waals surface area (Å²) in [6, 6.07) is 5.21. The van der Waals surface area contributed by atoms with Gasteiger partial charge in [0.15, 0.2) is 0 Å². The molecule has 0 saturated heterocycles. The van der Waals surface area contributed by atoms with Crippen molar-refractivity contribution in [3.63, 3.8) is 0 Å². The van der Waals surface area contributed by atoms with E-state index in [4.69, 9.17) is 16.3 Å². The van der Waals surface area contributed by atoms with Crippen molar-refractivity contribution in [1.82, 2.24) is 0 Å². The predicted octanol–water partition coefficient (Wildman–Crippen LogP) is 4.21. The summed E-state index contributed by atoms with van der Waals surface area (Å²) in [6.07, 6.45) is 2.28. The van der Waals surface area contributed by atoms with E-state index in [9.17, 15) is 4.79 Å². The maximum atomic E-state index is 12.0. The Morgan fingerprint density at radius 3 is 2.84 bits per heavy atom. The largest absolute Gasteiger partial charge is 0.497 e. The number of rotatable bonds is 7. The lowest BCUT2D eigenvalue weighted by Gasteiger charge is -2.13. The topological polar surface area (TPSA) is 38.3 Å². The third-order valence-corrected chi connectivity index (χ3v) is 4.22. The first-order chi connectivity index (χ1) is 9.08. The van der Waals surface area contributed by atoms with Gasteiger partial charge >= 0.3 is 0 Å². The minimum atomic E-state index is -0.0790. The van der Waals surface area contributed by atoms with E-state index in [-0.39, 0.29) is 11.2 Å². The Morgan fingerprint density at radius 2 is 2.26 bits per heavy atom. The number of methoxy groups -OCH3 is 1. The average Bonchev–Trinajstić information content (AvgIpc) is 2.41. The van der Waals surface area contributed by atoms with Crippen molar-refractivity contribution in [1.29, 1.82) is 0 Å². The molecule has 0 bridgehead atoms. The molecule has 1 atom stereocenters. The van der Waals surface area contributed by atoms with Crippen molar-refractivity contribution in [2.24, 2.45) is 0 Å². The Labute approximate surface area is 124 Å². The highest BCUT2D eigenvalue weighted by atomic mass is 35.5. The van der Waals surface area contributed by atoms with E-state index in [1.165, 1.54) is 0 Å². The number of carbonyl (C=O) groups is 1. The standard InChI is InChI=1S/C14H20ClNO2S/c1-4-5-8-19-10(2)14(17)16-13-7-6-11(18-3)9-12(13)15/h6-7,9-10H,4-5,8H2,1-3H3,(H,16,17). The number of anilines is 1. The van der Waals surface area contributed by atoms with Gasteiger partial charge in [-0.05, 0) is 31.2 Å². The second-order valence-electron chi connectivity index (χ2n) is 4.20. The Hall–Kier alpha value is -0.870. The fraction of sp³-hybridized carbons (Fsp3) is 0.500. The van der Waals surface area contributed by atoms with E-state index in [0.717, 1.165) is 18.6 Å². The smallest absolute Gasteiger partial charge is 0.237 e. The van der Waals surface area contributed by atoms with Gasteiger partial charge in [0, 0.05) is 6.07 Å². The first kappa shape index (κ1) is 16.2. The monoisotopic (exact) mass is 301 g/mol. The molecule has 0 spiro atoms. The number of thioether (sulfide) groups is 1. The lowest BCUT2D eigenvalue weighted by Crippen LogP contribution is -2.23. The number of carbonyl (C=O) groups excluding carboxylic acids is 1. The summed E-state index contributed by atoms with van der Waals surface area (Å²) in [4.78, 5) is 12.0. The maximum Gasteiger partial charge on any atom is 0.237 e. The van der Waals surface area contributed by atoms with Crippen molar-refractivity contribution in [2.45, 2.75) is 31.9 Å². The van der Waals surface area contributed by atoms with Gasteiger partial charge in [-0.3, -0.25) is 4.79 Å². The Bertz CT molecular complexity index is 426. The van der Waals surface area contributed by atoms with Gasteiger partial charge in [0.25, 0.3) is 0 Å². The van der Waals surface area contributed by atoms with Crippen LogP contribution in [0, 0.1) is 0 Å². The number of benzene rings is 1. The highest BCUT2D eigenvalue weighted by molar-refractivity contribution is 8.00. The molecule has 1 rings (SSSR count). The molecule has 106 valence electrons. The highest BCUT2D eigenvalue weighted by Crippen LogP contribution is 2.27. The summed E-state index contributed by atoms with van der Waals surface area (Å²) in [5.41, 5.74) is 0.621. The zero-order valence-electron chi connectivity index (χ0n) is 11.5. The van der Waals surface area contributed by atoms with E-state index in [0.29, 0.717) is 16.5 Å². The molecule has 1 aromatic carbocycles. The number of ether oxygens (including phenoxy) is 1. The van der Waals surface area contributed by atoms with Crippen molar-refractivity contribution in [2.75, 3.05) is 18.2 Å². The SMILES string of the molecule is CCCCSC(C)C(=O)Nc1ccc(OC)cc1Cl. The number of unbranched alkanes of at least 4 members (excludes halogenated alkanes) is 1. The van der Waals surface area contributed by atoms with Crippen LogP contribution in [0.25, 0.3) is 0 Å². The summed E-state index contributed by atoms with van der Waals surface area (Å²) in [7, 11) is 1.58. The summed E-state index contributed by atoms with van der Waals surface area (Å²) in [5, 5.41) is 3.25. The van der Waals surface area contributed by atoms with E-state index in [1.807, 2.05) is 6.92 Å². The molecule has 3 nitrogen and oxygen atoms in total. The van der Waals surface area contributed by atoms with Crippen LogP contribution in [0.15, 0.2) is 18.2 Å². The number of hydrogen-bond acceptors (Lipinski definition) is 3. The fourth-order valence-electron chi connectivity index (χ4n) is 1.44. The summed E-state index contributed by atoms with van der Waals surface area (Å²) >= 11 is 7.74. The summed E-state index contributed by atoms with van der Waals surface area (Å²) in [6.45, 7) is 4.05. The molecule has 1 N–H and O–H groups in total. The van der Waals surface area contributed by atoms with E-state index in [2.05, 4.69) is 12.2 Å². The zero-order chi connectivity index (χ0) is 14.3. The van der Waals surface area contributed by atoms with Crippen LogP contribution in [0.5, 0.6) is 5.75 Å². The van der Waals surface area contributed by atoms with Gasteiger partial charge in [-0.1, -0.05) is 24.9 Å². The third kappa shape index (κ3) is 5.33. The predicted molar refractivity (Wildman–Crippen MR) is 83.5 cm³/mol. The molecule has 0 fully saturated rings. The third-order valence-electron chi connectivity index (χ3n) is 2.67. The Kier molecular flexibility index (Phi) is 7.10. The number of amides is 1. The second-order valence-corrected chi connectivity index (χ2v) is 6.06. The minimum absolute atomic E-state index is 0.0202. The van der Waals surface area contributed by atoms with Crippen molar-refractivity contribution in [3.05, 3.63) is 23.2 Å². The normalized spacial score (nSPS) is 12.0. The Morgan fingerprint density at radius 1 is 1.53 bits per heavy atom. The number of hydrogen-bond donors (Lipinski definition) is 1. The molecular formula is C14H20ClNO2S. The van der Waals surface area contributed by atoms with Gasteiger partial charge in [0.05, 0.1) is 23.1 Å². The highest BCUT2D eigenvalue weighted by Gasteiger charge is 2.14. The van der Waals surface area contributed by atoms with E-state index < -0.39 is 0 Å². The molecule has 0 saturated carbocycles. The molecule has 1 amide bonds. The molecule has 0 aliphatic heterocycles. The van der Waals surface area contributed by atoms with Crippen LogP contribution in [0.1, 0.15) is 26.7 Å². The van der Waals surface area contributed by atoms with Crippen LogP contribution in [0.4, 0.5) is 5.69 Å². The van der Waals surface area contributed by atoms with Crippen LogP contribution in [-0.4, -0.2) is 24.0 Å². The van der Waals surface area contributed by atoms with Gasteiger partial charge in [-0.25, -0.2) is 0 Å². The van der Waals surface area contributed by atoms with Gasteiger partial charge in [0.1, 0.15) is 5.75 Å². The van der Waals surface area contributed by atoms with Gasteiger partial charge in [-0.15, -0.1) is 11.8 Å². The molecule has 0 aromatic heterocycles. The molecule has 0 aliphatic carbocycles. The first-order valence-corrected chi connectivity index (χ1v) is 7.77. The second kappa shape index (κ2) is 8.33. The first-order valence-electron chi connectivity index (χ1n) is 6.34. The minimum Gasteiger partial charge on any atom is -0.497 e. The van der Waals surface area contributed by atoms with Crippen LogP contribution in [0.3, 0.4) is 0 Å². The number of halogens is 1. The van der Waals surface area contributed by atoms with Crippen molar-refractivity contribution < 1.29 is 9.53 Å². The van der Waals surface area contributed by atoms with Crippen LogP contribution < -0.4 is 10.1 Å². The lowest BCUT2D eigenvalue weighted by atomic mass is 10.3. The molecular weight excluding hydrogens is 282 g/mol. The molecule has 1 unspecified atom stereocenters. The van der Waals surface area contributed by atoms with Gasteiger partial charge < -0.3 is 10.1 Å². The summed E-state index contributed by atoms with van der Waals surface area (Å²) < 4.78 is 5.07. The molecule has 0 aliphatic rings. The summed E-state index contributed by atoms with van der Waals surface area (Å²) in [5.74, 6) is 1.66. The molecule has 1 aromatic rings. The van der Waals surface area contributed by atoms with Crippen LogP contribution in [-0.2, 0) is 4.79 Å². The van der Waals surface area contributed by atoms with Gasteiger partial charge in [0.2, 0.25) is 5.91 Å². The number of nitrogens with one attached hydrogen (secondary N) is 1. The maximum absolute atomic E-state index is 12.0. The average molecular weight is 302 g/mol. The molecule has 5 heteroatoms. The zero-order valence-corrected chi connectivity index (χ0v) is 13.1. The Balaban J connectivity index is 2.56. The molecule has 19 heavy (non-hydrogen) atoms. The van der Waals surface area contributed by atoms with E-state index >= 15 is 0 Å². The molecule has 0 heterocycles. The quantitative estimate of drug-likeness (QED) is 0.767. The molecule has 0 radical (unpaired) electrons. The van der Waals surface area contributed by atoms with Gasteiger partial charge in [-0.2, -0.15) is 0 Å². The van der Waals surface area contributed by atoms with Crippen molar-refractivity contribution in [3.8, 4) is 5.75 Å². The van der Waals surface area contributed by atoms with Crippen LogP contribution >= 0.6 is 23.4 Å². The van der Waals surface area contributed by atoms with Crippen molar-refractivity contribution >= 4 is 35.0 Å².